The minimum atomic E-state index is 0.543. The minimum absolute atomic E-state index is 0.543. The maximum atomic E-state index is 5.72. The van der Waals surface area contributed by atoms with Crippen LogP contribution in [0.25, 0.3) is 11.3 Å². The monoisotopic (exact) mass is 251 g/mol. The molecule has 0 bridgehead atoms. The molecule has 0 saturated heterocycles. The van der Waals surface area contributed by atoms with Crippen molar-refractivity contribution in [3.63, 3.8) is 0 Å². The fourth-order valence-electron chi connectivity index (χ4n) is 1.79. The van der Waals surface area contributed by atoms with Gasteiger partial charge in [-0.25, -0.2) is 9.97 Å². The zero-order valence-corrected chi connectivity index (χ0v) is 10.2. The topological polar surface area (TPSA) is 79.6 Å². The highest BCUT2D eigenvalue weighted by Crippen LogP contribution is 2.18. The molecule has 0 aliphatic carbocycles. The van der Waals surface area contributed by atoms with Gasteiger partial charge in [-0.3, -0.25) is 0 Å². The van der Waals surface area contributed by atoms with Crippen molar-refractivity contribution in [3.8, 4) is 11.3 Å². The number of anilines is 3. The van der Waals surface area contributed by atoms with E-state index in [0.717, 1.165) is 16.9 Å². The second-order valence-corrected chi connectivity index (χ2v) is 4.13. The third-order valence-corrected chi connectivity index (χ3v) is 2.70. The predicted molar refractivity (Wildman–Crippen MR) is 76.0 cm³/mol. The van der Waals surface area contributed by atoms with E-state index in [1.807, 2.05) is 42.6 Å². The number of nitrogens with two attached hydrogens (primary N) is 1. The number of hydrogen-bond acceptors (Lipinski definition) is 4. The van der Waals surface area contributed by atoms with Gasteiger partial charge in [-0.2, -0.15) is 0 Å². The first-order valence-electron chi connectivity index (χ1n) is 5.90. The van der Waals surface area contributed by atoms with Crippen LogP contribution in [0.3, 0.4) is 0 Å². The van der Waals surface area contributed by atoms with Gasteiger partial charge in [0.1, 0.15) is 0 Å². The first kappa shape index (κ1) is 11.3. The molecule has 3 aromatic rings. The lowest BCUT2D eigenvalue weighted by Gasteiger charge is -2.05. The maximum Gasteiger partial charge on any atom is 0.227 e. The summed E-state index contributed by atoms with van der Waals surface area (Å²) in [6.07, 6.45) is 5.41. The number of aromatic nitrogens is 3. The molecule has 0 amide bonds. The van der Waals surface area contributed by atoms with Crippen molar-refractivity contribution in [1.29, 1.82) is 0 Å². The Kier molecular flexibility index (Phi) is 2.86. The number of nitrogens with zero attached hydrogens (tertiary/aromatic N) is 2. The molecule has 2 aromatic heterocycles. The van der Waals surface area contributed by atoms with Crippen molar-refractivity contribution >= 4 is 17.3 Å². The Morgan fingerprint density at radius 1 is 1.05 bits per heavy atom. The van der Waals surface area contributed by atoms with Crippen LogP contribution in [0.4, 0.5) is 17.3 Å². The molecule has 0 fully saturated rings. The first-order chi connectivity index (χ1) is 9.31. The van der Waals surface area contributed by atoms with E-state index < -0.39 is 0 Å². The smallest absolute Gasteiger partial charge is 0.227 e. The number of H-pyrrole nitrogens is 1. The van der Waals surface area contributed by atoms with Crippen LogP contribution in [-0.2, 0) is 0 Å². The molecule has 1 aromatic carbocycles. The highest BCUT2D eigenvalue weighted by atomic mass is 15.1. The van der Waals surface area contributed by atoms with Crippen LogP contribution < -0.4 is 11.1 Å². The van der Waals surface area contributed by atoms with Gasteiger partial charge in [-0.15, -0.1) is 0 Å². The number of nitrogens with one attached hydrogen (secondary N) is 2. The standard InChI is InChI=1S/C14H13N5/c15-11-3-1-4-12(7-11)19-14-17-8-10(9-18-14)13-5-2-6-16-13/h1-9,16H,15H2,(H,17,18,19). The second-order valence-electron chi connectivity index (χ2n) is 4.13. The van der Waals surface area contributed by atoms with Crippen LogP contribution in [0.15, 0.2) is 55.0 Å². The summed E-state index contributed by atoms with van der Waals surface area (Å²) in [5.74, 6) is 0.543. The average molecular weight is 251 g/mol. The zero-order chi connectivity index (χ0) is 13.1. The lowest BCUT2D eigenvalue weighted by atomic mass is 10.2. The molecule has 0 atom stereocenters. The predicted octanol–water partition coefficient (Wildman–Crippen LogP) is 2.80. The van der Waals surface area contributed by atoms with Crippen LogP contribution in [0.5, 0.6) is 0 Å². The summed E-state index contributed by atoms with van der Waals surface area (Å²) in [6.45, 7) is 0. The lowest BCUT2D eigenvalue weighted by Crippen LogP contribution is -1.97. The van der Waals surface area contributed by atoms with Crippen molar-refractivity contribution in [1.82, 2.24) is 15.0 Å². The third-order valence-electron chi connectivity index (χ3n) is 2.70. The quantitative estimate of drug-likeness (QED) is 0.625. The van der Waals surface area contributed by atoms with Crippen LogP contribution in [0.2, 0.25) is 0 Å². The summed E-state index contributed by atoms with van der Waals surface area (Å²) in [5.41, 5.74) is 9.23. The fourth-order valence-corrected chi connectivity index (χ4v) is 1.79. The Bertz CT molecular complexity index is 659. The third kappa shape index (κ3) is 2.55. The molecule has 5 heteroatoms. The summed E-state index contributed by atoms with van der Waals surface area (Å²) in [4.78, 5) is 11.7. The molecule has 3 rings (SSSR count). The van der Waals surface area contributed by atoms with Crippen molar-refractivity contribution in [2.75, 3.05) is 11.1 Å². The van der Waals surface area contributed by atoms with Gasteiger partial charge < -0.3 is 16.0 Å². The lowest BCUT2D eigenvalue weighted by molar-refractivity contribution is 1.16. The van der Waals surface area contributed by atoms with Gasteiger partial charge in [-0.05, 0) is 30.3 Å². The molecule has 2 heterocycles. The van der Waals surface area contributed by atoms with E-state index >= 15 is 0 Å². The van der Waals surface area contributed by atoms with Gasteiger partial charge in [0.25, 0.3) is 0 Å². The molecule has 0 unspecified atom stereocenters. The van der Waals surface area contributed by atoms with Crippen molar-refractivity contribution in [3.05, 3.63) is 55.0 Å². The molecule has 0 aliphatic rings. The van der Waals surface area contributed by atoms with E-state index in [9.17, 15) is 0 Å². The number of hydrogen-bond donors (Lipinski definition) is 3. The largest absolute Gasteiger partial charge is 0.399 e. The van der Waals surface area contributed by atoms with Gasteiger partial charge in [0.15, 0.2) is 0 Å². The SMILES string of the molecule is Nc1cccc(Nc2ncc(-c3ccc[nH]3)cn2)c1. The van der Waals surface area contributed by atoms with Gasteiger partial charge in [0.2, 0.25) is 5.95 Å². The molecule has 94 valence electrons. The Balaban J connectivity index is 1.80. The van der Waals surface area contributed by atoms with Gasteiger partial charge in [0, 0.05) is 41.2 Å². The van der Waals surface area contributed by atoms with Crippen molar-refractivity contribution < 1.29 is 0 Å². The molecule has 0 aliphatic heterocycles. The van der Waals surface area contributed by atoms with E-state index in [1.54, 1.807) is 12.4 Å². The molecular weight excluding hydrogens is 238 g/mol. The zero-order valence-electron chi connectivity index (χ0n) is 10.2. The normalized spacial score (nSPS) is 10.3. The minimum Gasteiger partial charge on any atom is -0.399 e. The van der Waals surface area contributed by atoms with Crippen LogP contribution in [0, 0.1) is 0 Å². The Hall–Kier alpha value is -2.82. The van der Waals surface area contributed by atoms with Gasteiger partial charge >= 0.3 is 0 Å². The highest BCUT2D eigenvalue weighted by Gasteiger charge is 2.01. The fraction of sp³-hybridized carbons (Fsp3) is 0. The molecular formula is C14H13N5. The molecule has 0 spiro atoms. The molecule has 0 saturated carbocycles. The van der Waals surface area contributed by atoms with Crippen molar-refractivity contribution in [2.24, 2.45) is 0 Å². The van der Waals surface area contributed by atoms with Gasteiger partial charge in [-0.1, -0.05) is 6.07 Å². The van der Waals surface area contributed by atoms with E-state index in [-0.39, 0.29) is 0 Å². The van der Waals surface area contributed by atoms with Crippen molar-refractivity contribution in [2.45, 2.75) is 0 Å². The van der Waals surface area contributed by atoms with Crippen LogP contribution in [-0.4, -0.2) is 15.0 Å². The number of benzene rings is 1. The van der Waals surface area contributed by atoms with Gasteiger partial charge in [0.05, 0.1) is 0 Å². The Labute approximate surface area is 110 Å². The van der Waals surface area contributed by atoms with E-state index in [4.69, 9.17) is 5.73 Å². The summed E-state index contributed by atoms with van der Waals surface area (Å²) in [7, 11) is 0. The molecule has 5 nitrogen and oxygen atoms in total. The summed E-state index contributed by atoms with van der Waals surface area (Å²) >= 11 is 0. The molecule has 19 heavy (non-hydrogen) atoms. The maximum absolute atomic E-state index is 5.72. The molecule has 4 N–H and O–H groups in total. The van der Waals surface area contributed by atoms with E-state index in [1.165, 1.54) is 0 Å². The highest BCUT2D eigenvalue weighted by molar-refractivity contribution is 5.61. The van der Waals surface area contributed by atoms with Crippen LogP contribution in [0.1, 0.15) is 0 Å². The number of rotatable bonds is 3. The van der Waals surface area contributed by atoms with E-state index in [0.29, 0.717) is 11.6 Å². The first-order valence-corrected chi connectivity index (χ1v) is 5.90. The number of nitrogen functional groups attached to an aromatic ring is 1. The number of aromatic amines is 1. The summed E-state index contributed by atoms with van der Waals surface area (Å²) in [6, 6.07) is 11.4. The summed E-state index contributed by atoms with van der Waals surface area (Å²) < 4.78 is 0. The van der Waals surface area contributed by atoms with Crippen LogP contribution >= 0.6 is 0 Å². The Morgan fingerprint density at radius 2 is 1.89 bits per heavy atom. The summed E-state index contributed by atoms with van der Waals surface area (Å²) in [5, 5.41) is 3.10. The second kappa shape index (κ2) is 4.81. The Morgan fingerprint density at radius 3 is 2.58 bits per heavy atom. The molecule has 0 radical (unpaired) electrons. The average Bonchev–Trinajstić information content (AvgIpc) is 2.94. The van der Waals surface area contributed by atoms with E-state index in [2.05, 4.69) is 20.3 Å².